The summed E-state index contributed by atoms with van der Waals surface area (Å²) in [6, 6.07) is 15.6. The van der Waals surface area contributed by atoms with Gasteiger partial charge in [0.25, 0.3) is 5.91 Å². The number of nitrogens with zero attached hydrogens (tertiary/aromatic N) is 2. The van der Waals surface area contributed by atoms with Crippen LogP contribution in [0.15, 0.2) is 53.9 Å². The fourth-order valence-electron chi connectivity index (χ4n) is 3.34. The molecule has 2 heterocycles. The van der Waals surface area contributed by atoms with Gasteiger partial charge in [-0.15, -0.1) is 11.3 Å². The van der Waals surface area contributed by atoms with Crippen molar-refractivity contribution in [3.8, 4) is 11.3 Å². The van der Waals surface area contributed by atoms with Crippen molar-refractivity contribution in [1.82, 2.24) is 9.55 Å². The second kappa shape index (κ2) is 7.18. The number of hydrogen-bond acceptors (Lipinski definition) is 3. The predicted molar refractivity (Wildman–Crippen MR) is 113 cm³/mol. The molecule has 0 bridgehead atoms. The summed E-state index contributed by atoms with van der Waals surface area (Å²) in [4.78, 5) is 17.6. The fraction of sp³-hybridized carbons (Fsp3) is 0.143. The third-order valence-corrected chi connectivity index (χ3v) is 5.60. The van der Waals surface area contributed by atoms with Gasteiger partial charge in [-0.2, -0.15) is 0 Å². The smallest absolute Gasteiger partial charge is 0.274 e. The minimum atomic E-state index is -0.157. The second-order valence-corrected chi connectivity index (χ2v) is 7.53. The quantitative estimate of drug-likeness (QED) is 0.460. The van der Waals surface area contributed by atoms with Crippen molar-refractivity contribution in [2.45, 2.75) is 20.4 Å². The summed E-state index contributed by atoms with van der Waals surface area (Å²) in [5.74, 6) is -0.157. The van der Waals surface area contributed by atoms with Gasteiger partial charge in [0.1, 0.15) is 5.69 Å². The number of aryl methyl sites for hydroxylation is 2. The van der Waals surface area contributed by atoms with Crippen LogP contribution >= 0.6 is 22.9 Å². The Labute approximate surface area is 166 Å². The van der Waals surface area contributed by atoms with Gasteiger partial charge in [0, 0.05) is 33.4 Å². The number of thiazole rings is 1. The minimum absolute atomic E-state index is 0.157. The molecule has 0 aliphatic heterocycles. The molecule has 4 aromatic rings. The lowest BCUT2D eigenvalue weighted by atomic mass is 10.1. The Kier molecular flexibility index (Phi) is 4.72. The highest BCUT2D eigenvalue weighted by Crippen LogP contribution is 2.30. The highest BCUT2D eigenvalue weighted by molar-refractivity contribution is 7.14. The average molecular weight is 396 g/mol. The molecule has 0 radical (unpaired) electrons. The van der Waals surface area contributed by atoms with Crippen LogP contribution in [0.5, 0.6) is 0 Å². The number of nitrogens with one attached hydrogen (secondary N) is 1. The fourth-order valence-corrected chi connectivity index (χ4v) is 4.23. The number of fused-ring (bicyclic) bond motifs is 1. The average Bonchev–Trinajstić information content (AvgIpc) is 3.25. The van der Waals surface area contributed by atoms with E-state index < -0.39 is 0 Å². The van der Waals surface area contributed by atoms with E-state index in [9.17, 15) is 4.79 Å². The summed E-state index contributed by atoms with van der Waals surface area (Å²) in [6.07, 6.45) is 0. The van der Waals surface area contributed by atoms with Gasteiger partial charge in [0.2, 0.25) is 0 Å². The molecule has 1 amide bonds. The standard InChI is InChI=1S/C21H18ClN3OS/c1-3-25-18-10-9-15(22)11-16(18)13(2)19(25)20(26)24-21-23-17(12-27-21)14-7-5-4-6-8-14/h4-12H,3H2,1-2H3,(H,23,24,26). The number of rotatable bonds is 4. The molecule has 0 fully saturated rings. The Hall–Kier alpha value is -2.63. The molecule has 136 valence electrons. The Morgan fingerprint density at radius 1 is 1.22 bits per heavy atom. The summed E-state index contributed by atoms with van der Waals surface area (Å²) in [5.41, 5.74) is 4.46. The van der Waals surface area contributed by atoms with E-state index in [1.54, 1.807) is 0 Å². The zero-order valence-corrected chi connectivity index (χ0v) is 16.6. The second-order valence-electron chi connectivity index (χ2n) is 6.24. The van der Waals surface area contributed by atoms with Gasteiger partial charge in [0.15, 0.2) is 5.13 Å². The van der Waals surface area contributed by atoms with Crippen molar-refractivity contribution in [2.75, 3.05) is 5.32 Å². The highest BCUT2D eigenvalue weighted by atomic mass is 35.5. The molecule has 0 aliphatic rings. The lowest BCUT2D eigenvalue weighted by Crippen LogP contribution is -2.17. The topological polar surface area (TPSA) is 46.9 Å². The largest absolute Gasteiger partial charge is 0.337 e. The molecule has 4 nitrogen and oxygen atoms in total. The zero-order valence-electron chi connectivity index (χ0n) is 15.0. The molecule has 27 heavy (non-hydrogen) atoms. The third kappa shape index (κ3) is 3.24. The van der Waals surface area contributed by atoms with E-state index in [1.165, 1.54) is 11.3 Å². The summed E-state index contributed by atoms with van der Waals surface area (Å²) < 4.78 is 2.02. The lowest BCUT2D eigenvalue weighted by Gasteiger charge is -2.08. The lowest BCUT2D eigenvalue weighted by molar-refractivity contribution is 0.101. The normalized spacial score (nSPS) is 11.1. The maximum Gasteiger partial charge on any atom is 0.274 e. The molecule has 0 saturated carbocycles. The molecule has 0 atom stereocenters. The molecule has 0 unspecified atom stereocenters. The van der Waals surface area contributed by atoms with Crippen molar-refractivity contribution >= 4 is 44.9 Å². The molecular weight excluding hydrogens is 378 g/mol. The molecule has 6 heteroatoms. The third-order valence-electron chi connectivity index (χ3n) is 4.60. The van der Waals surface area contributed by atoms with Crippen LogP contribution in [-0.4, -0.2) is 15.5 Å². The number of anilines is 1. The minimum Gasteiger partial charge on any atom is -0.337 e. The Bertz CT molecular complexity index is 1130. The number of benzene rings is 2. The van der Waals surface area contributed by atoms with Crippen LogP contribution in [0, 0.1) is 6.92 Å². The summed E-state index contributed by atoms with van der Waals surface area (Å²) in [7, 11) is 0. The summed E-state index contributed by atoms with van der Waals surface area (Å²) in [5, 5.41) is 7.16. The molecule has 0 saturated heterocycles. The van der Waals surface area contributed by atoms with Crippen LogP contribution in [0.2, 0.25) is 5.02 Å². The molecule has 4 rings (SSSR count). The molecular formula is C21H18ClN3OS. The number of amides is 1. The van der Waals surface area contributed by atoms with E-state index in [0.29, 0.717) is 22.4 Å². The van der Waals surface area contributed by atoms with Crippen LogP contribution in [0.3, 0.4) is 0 Å². The number of aromatic nitrogens is 2. The van der Waals surface area contributed by atoms with E-state index >= 15 is 0 Å². The summed E-state index contributed by atoms with van der Waals surface area (Å²) >= 11 is 7.57. The van der Waals surface area contributed by atoms with Gasteiger partial charge in [-0.25, -0.2) is 4.98 Å². The molecule has 2 aromatic heterocycles. The molecule has 0 spiro atoms. The van der Waals surface area contributed by atoms with Crippen molar-refractivity contribution in [3.63, 3.8) is 0 Å². The predicted octanol–water partition coefficient (Wildman–Crippen LogP) is 6.00. The zero-order chi connectivity index (χ0) is 19.0. The van der Waals surface area contributed by atoms with E-state index in [1.807, 2.05) is 72.3 Å². The van der Waals surface area contributed by atoms with E-state index in [4.69, 9.17) is 11.6 Å². The van der Waals surface area contributed by atoms with Crippen LogP contribution in [0.4, 0.5) is 5.13 Å². The first-order chi connectivity index (χ1) is 13.1. The maximum atomic E-state index is 13.0. The van der Waals surface area contributed by atoms with Gasteiger partial charge < -0.3 is 4.57 Å². The van der Waals surface area contributed by atoms with Gasteiger partial charge in [-0.05, 0) is 37.6 Å². The Balaban J connectivity index is 1.68. The van der Waals surface area contributed by atoms with Crippen molar-refractivity contribution < 1.29 is 4.79 Å². The van der Waals surface area contributed by atoms with Crippen LogP contribution < -0.4 is 5.32 Å². The van der Waals surface area contributed by atoms with Crippen LogP contribution in [0.1, 0.15) is 23.0 Å². The van der Waals surface area contributed by atoms with Crippen molar-refractivity contribution in [1.29, 1.82) is 0 Å². The number of halogens is 1. The SMILES string of the molecule is CCn1c(C(=O)Nc2nc(-c3ccccc3)cs2)c(C)c2cc(Cl)ccc21. The van der Waals surface area contributed by atoms with Gasteiger partial charge in [-0.1, -0.05) is 41.9 Å². The van der Waals surface area contributed by atoms with Crippen molar-refractivity contribution in [3.05, 3.63) is 70.2 Å². The highest BCUT2D eigenvalue weighted by Gasteiger charge is 2.20. The molecule has 2 aromatic carbocycles. The monoisotopic (exact) mass is 395 g/mol. The maximum absolute atomic E-state index is 13.0. The Morgan fingerprint density at radius 2 is 2.00 bits per heavy atom. The van der Waals surface area contributed by atoms with Gasteiger partial charge in [0.05, 0.1) is 5.69 Å². The van der Waals surface area contributed by atoms with E-state index in [0.717, 1.165) is 27.7 Å². The van der Waals surface area contributed by atoms with E-state index in [2.05, 4.69) is 10.3 Å². The Morgan fingerprint density at radius 3 is 2.74 bits per heavy atom. The first kappa shape index (κ1) is 17.8. The van der Waals surface area contributed by atoms with Gasteiger partial charge >= 0.3 is 0 Å². The number of hydrogen-bond donors (Lipinski definition) is 1. The molecule has 1 N–H and O–H groups in total. The first-order valence-electron chi connectivity index (χ1n) is 8.69. The number of carbonyl (C=O) groups excluding carboxylic acids is 1. The van der Waals surface area contributed by atoms with Crippen LogP contribution in [-0.2, 0) is 6.54 Å². The van der Waals surface area contributed by atoms with E-state index in [-0.39, 0.29) is 5.91 Å². The van der Waals surface area contributed by atoms with Crippen LogP contribution in [0.25, 0.3) is 22.2 Å². The first-order valence-corrected chi connectivity index (χ1v) is 9.95. The van der Waals surface area contributed by atoms with Crippen molar-refractivity contribution in [2.24, 2.45) is 0 Å². The summed E-state index contributed by atoms with van der Waals surface area (Å²) in [6.45, 7) is 4.68. The van der Waals surface area contributed by atoms with Gasteiger partial charge in [-0.3, -0.25) is 10.1 Å². The number of carbonyl (C=O) groups is 1. The molecule has 0 aliphatic carbocycles.